The quantitative estimate of drug-likeness (QED) is 0.598. The van der Waals surface area contributed by atoms with E-state index < -0.39 is 18.1 Å². The van der Waals surface area contributed by atoms with Gasteiger partial charge in [0.15, 0.2) is 6.10 Å². The molecule has 0 saturated carbocycles. The number of imide groups is 1. The van der Waals surface area contributed by atoms with Gasteiger partial charge in [-0.15, -0.1) is 0 Å². The van der Waals surface area contributed by atoms with Gasteiger partial charge in [0.1, 0.15) is 5.92 Å². The fourth-order valence-corrected chi connectivity index (χ4v) is 4.26. The van der Waals surface area contributed by atoms with Gasteiger partial charge in [0.25, 0.3) is 5.91 Å². The van der Waals surface area contributed by atoms with Crippen LogP contribution in [0, 0.1) is 12.8 Å². The highest BCUT2D eigenvalue weighted by atomic mass is 35.5. The van der Waals surface area contributed by atoms with Crippen molar-refractivity contribution in [2.75, 3.05) is 9.96 Å². The van der Waals surface area contributed by atoms with Crippen LogP contribution in [0.15, 0.2) is 73.1 Å². The number of para-hydroxylation sites is 1. The Kier molecular flexibility index (Phi) is 4.53. The standard InChI is InChI=1S/C23H18ClN3O3/c1-14-7-8-17(13-18(14)24)26-22(28)19-20(15-9-11-25-12-10-15)27(30-21(19)23(26)29)16-5-3-2-4-6-16/h2-13,19-21H,1H3/t19-,20+,21-/m1/s1. The average molecular weight is 420 g/mol. The Morgan fingerprint density at radius 3 is 2.37 bits per heavy atom. The highest BCUT2D eigenvalue weighted by Gasteiger charge is 2.60. The van der Waals surface area contributed by atoms with Crippen molar-refractivity contribution in [3.05, 3.63) is 89.2 Å². The van der Waals surface area contributed by atoms with E-state index in [0.717, 1.165) is 16.8 Å². The van der Waals surface area contributed by atoms with Crippen LogP contribution < -0.4 is 9.96 Å². The Labute approximate surface area is 178 Å². The van der Waals surface area contributed by atoms with E-state index in [1.54, 1.807) is 35.7 Å². The lowest BCUT2D eigenvalue weighted by molar-refractivity contribution is -0.126. The van der Waals surface area contributed by atoms with Crippen molar-refractivity contribution in [2.45, 2.75) is 19.1 Å². The summed E-state index contributed by atoms with van der Waals surface area (Å²) in [7, 11) is 0. The fraction of sp³-hybridized carbons (Fsp3) is 0.174. The first-order valence-corrected chi connectivity index (χ1v) is 9.99. The van der Waals surface area contributed by atoms with Gasteiger partial charge in [-0.25, -0.2) is 9.96 Å². The van der Waals surface area contributed by atoms with Gasteiger partial charge < -0.3 is 0 Å². The first kappa shape index (κ1) is 18.8. The molecule has 0 spiro atoms. The lowest BCUT2D eigenvalue weighted by atomic mass is 9.91. The monoisotopic (exact) mass is 419 g/mol. The molecule has 7 heteroatoms. The molecule has 3 heterocycles. The van der Waals surface area contributed by atoms with Crippen molar-refractivity contribution < 1.29 is 14.4 Å². The summed E-state index contributed by atoms with van der Waals surface area (Å²) in [5, 5.41) is 2.17. The lowest BCUT2D eigenvalue weighted by Gasteiger charge is -2.28. The number of halogens is 1. The van der Waals surface area contributed by atoms with Gasteiger partial charge in [0.2, 0.25) is 5.91 Å². The van der Waals surface area contributed by atoms with E-state index in [1.165, 1.54) is 4.90 Å². The average Bonchev–Trinajstić information content (AvgIpc) is 3.28. The fourth-order valence-electron chi connectivity index (χ4n) is 4.09. The molecule has 2 aromatic carbocycles. The van der Waals surface area contributed by atoms with Crippen molar-refractivity contribution in [2.24, 2.45) is 5.92 Å². The van der Waals surface area contributed by atoms with E-state index >= 15 is 0 Å². The minimum Gasteiger partial charge on any atom is -0.273 e. The molecule has 2 fully saturated rings. The first-order valence-electron chi connectivity index (χ1n) is 9.61. The van der Waals surface area contributed by atoms with Gasteiger partial charge in [-0.05, 0) is 54.4 Å². The second-order valence-electron chi connectivity index (χ2n) is 7.38. The Balaban J connectivity index is 1.58. The number of hydroxylamine groups is 1. The molecule has 1 aromatic heterocycles. The molecule has 0 bridgehead atoms. The minimum atomic E-state index is -0.907. The smallest absolute Gasteiger partial charge is 0.266 e. The van der Waals surface area contributed by atoms with E-state index in [4.69, 9.17) is 16.4 Å². The van der Waals surface area contributed by atoms with Crippen LogP contribution >= 0.6 is 11.6 Å². The molecule has 0 N–H and O–H groups in total. The second-order valence-corrected chi connectivity index (χ2v) is 7.79. The van der Waals surface area contributed by atoms with Crippen LogP contribution in [-0.2, 0) is 14.4 Å². The number of amides is 2. The molecule has 2 amide bonds. The number of rotatable bonds is 3. The maximum atomic E-state index is 13.5. The van der Waals surface area contributed by atoms with Crippen molar-refractivity contribution in [1.29, 1.82) is 0 Å². The van der Waals surface area contributed by atoms with Crippen molar-refractivity contribution >= 4 is 34.8 Å². The van der Waals surface area contributed by atoms with Crippen LogP contribution in [0.3, 0.4) is 0 Å². The number of pyridine rings is 1. The normalized spacial score (nSPS) is 23.2. The molecule has 150 valence electrons. The Morgan fingerprint density at radius 2 is 1.67 bits per heavy atom. The van der Waals surface area contributed by atoms with E-state index in [2.05, 4.69) is 4.98 Å². The second kappa shape index (κ2) is 7.23. The van der Waals surface area contributed by atoms with Gasteiger partial charge in [-0.2, -0.15) is 0 Å². The zero-order valence-electron chi connectivity index (χ0n) is 16.1. The van der Waals surface area contributed by atoms with Crippen LogP contribution in [0.5, 0.6) is 0 Å². The molecule has 5 rings (SSSR count). The zero-order valence-corrected chi connectivity index (χ0v) is 16.9. The maximum absolute atomic E-state index is 13.5. The van der Waals surface area contributed by atoms with Gasteiger partial charge >= 0.3 is 0 Å². The summed E-state index contributed by atoms with van der Waals surface area (Å²) in [6.07, 6.45) is 2.44. The Hall–Kier alpha value is -3.22. The molecule has 0 aliphatic carbocycles. The topological polar surface area (TPSA) is 62.7 Å². The number of hydrogen-bond donors (Lipinski definition) is 0. The van der Waals surface area contributed by atoms with Gasteiger partial charge in [-0.1, -0.05) is 35.9 Å². The Bertz CT molecular complexity index is 1120. The molecule has 2 aliphatic rings. The predicted octanol–water partition coefficient (Wildman–Crippen LogP) is 4.09. The number of aromatic nitrogens is 1. The highest BCUT2D eigenvalue weighted by molar-refractivity contribution is 6.32. The van der Waals surface area contributed by atoms with Crippen LogP contribution in [0.4, 0.5) is 11.4 Å². The molecule has 0 unspecified atom stereocenters. The predicted molar refractivity (Wildman–Crippen MR) is 113 cm³/mol. The number of hydrogen-bond acceptors (Lipinski definition) is 5. The third-order valence-electron chi connectivity index (χ3n) is 5.59. The summed E-state index contributed by atoms with van der Waals surface area (Å²) in [4.78, 5) is 38.1. The van der Waals surface area contributed by atoms with Gasteiger partial charge in [0, 0.05) is 17.4 Å². The molecule has 30 heavy (non-hydrogen) atoms. The number of carbonyl (C=O) groups excluding carboxylic acids is 2. The summed E-state index contributed by atoms with van der Waals surface area (Å²) in [5.41, 5.74) is 2.96. The van der Waals surface area contributed by atoms with E-state index in [-0.39, 0.29) is 11.8 Å². The van der Waals surface area contributed by atoms with Crippen LogP contribution in [-0.4, -0.2) is 22.9 Å². The molecule has 6 nitrogen and oxygen atoms in total. The molecule has 2 saturated heterocycles. The molecular formula is C23H18ClN3O3. The van der Waals surface area contributed by atoms with Crippen LogP contribution in [0.25, 0.3) is 0 Å². The SMILES string of the molecule is Cc1ccc(N2C(=O)[C@H]3[C@@H](ON(c4ccccc4)[C@H]3c3ccncc3)C2=O)cc1Cl. The van der Waals surface area contributed by atoms with Crippen molar-refractivity contribution in [3.63, 3.8) is 0 Å². The number of fused-ring (bicyclic) bond motifs is 1. The minimum absolute atomic E-state index is 0.301. The third-order valence-corrected chi connectivity index (χ3v) is 5.99. The molecule has 3 atom stereocenters. The summed E-state index contributed by atoms with van der Waals surface area (Å²) in [6.45, 7) is 1.87. The largest absolute Gasteiger partial charge is 0.273 e. The molecule has 2 aliphatic heterocycles. The summed E-state index contributed by atoms with van der Waals surface area (Å²) < 4.78 is 0. The summed E-state index contributed by atoms with van der Waals surface area (Å²) in [5.74, 6) is -1.37. The number of nitrogens with zero attached hydrogens (tertiary/aromatic N) is 3. The first-order chi connectivity index (χ1) is 14.6. The number of benzene rings is 2. The Morgan fingerprint density at radius 1 is 0.933 bits per heavy atom. The maximum Gasteiger partial charge on any atom is 0.266 e. The molecule has 3 aromatic rings. The molecule has 0 radical (unpaired) electrons. The summed E-state index contributed by atoms with van der Waals surface area (Å²) in [6, 6.07) is 17.9. The van der Waals surface area contributed by atoms with Crippen molar-refractivity contribution in [3.8, 4) is 0 Å². The van der Waals surface area contributed by atoms with Gasteiger partial charge in [0.05, 0.1) is 17.4 Å². The van der Waals surface area contributed by atoms with E-state index in [9.17, 15) is 9.59 Å². The third kappa shape index (κ3) is 2.88. The van der Waals surface area contributed by atoms with E-state index in [1.807, 2.05) is 49.4 Å². The number of aryl methyl sites for hydroxylation is 1. The van der Waals surface area contributed by atoms with E-state index in [0.29, 0.717) is 10.7 Å². The van der Waals surface area contributed by atoms with Crippen molar-refractivity contribution in [1.82, 2.24) is 4.98 Å². The lowest BCUT2D eigenvalue weighted by Crippen LogP contribution is -2.37. The molecular weight excluding hydrogens is 402 g/mol. The van der Waals surface area contributed by atoms with Crippen LogP contribution in [0.2, 0.25) is 5.02 Å². The summed E-state index contributed by atoms with van der Waals surface area (Å²) >= 11 is 6.24. The highest BCUT2D eigenvalue weighted by Crippen LogP contribution is 2.47. The zero-order chi connectivity index (χ0) is 20.8. The van der Waals surface area contributed by atoms with Gasteiger partial charge in [-0.3, -0.25) is 19.4 Å². The van der Waals surface area contributed by atoms with Crippen LogP contribution in [0.1, 0.15) is 17.2 Å². The number of carbonyl (C=O) groups is 2. The number of anilines is 2.